The Hall–Kier alpha value is -2.04. The lowest BCUT2D eigenvalue weighted by atomic mass is 10.00. The van der Waals surface area contributed by atoms with Crippen LogP contribution in [0.15, 0.2) is 29.3 Å². The zero-order valence-electron chi connectivity index (χ0n) is 16.6. The highest BCUT2D eigenvalue weighted by molar-refractivity contribution is 5.81. The van der Waals surface area contributed by atoms with Crippen molar-refractivity contribution in [1.29, 1.82) is 0 Å². The maximum absolute atomic E-state index is 11.6. The fourth-order valence-electron chi connectivity index (χ4n) is 2.51. The van der Waals surface area contributed by atoms with Crippen molar-refractivity contribution in [1.82, 2.24) is 15.5 Å². The molecule has 2 N–H and O–H groups in total. The first kappa shape index (κ1) is 21.0. The molecule has 0 aromatic heterocycles. The number of carbonyl (C=O) groups excluding carboxylic acids is 1. The minimum Gasteiger partial charge on any atom is -0.357 e. The van der Waals surface area contributed by atoms with Gasteiger partial charge < -0.3 is 15.5 Å². The molecule has 25 heavy (non-hydrogen) atoms. The van der Waals surface area contributed by atoms with Crippen LogP contribution in [0.4, 0.5) is 0 Å². The maximum atomic E-state index is 11.6. The van der Waals surface area contributed by atoms with Crippen molar-refractivity contribution in [2.24, 2.45) is 10.9 Å². The molecule has 1 unspecified atom stereocenters. The summed E-state index contributed by atoms with van der Waals surface area (Å²) in [5.74, 6) is 1.50. The Kier molecular flexibility index (Phi) is 9.03. The summed E-state index contributed by atoms with van der Waals surface area (Å²) in [6, 6.07) is 8.90. The molecule has 0 aliphatic rings. The molecule has 0 saturated heterocycles. The molecule has 1 rings (SSSR count). The van der Waals surface area contributed by atoms with Crippen molar-refractivity contribution in [3.63, 3.8) is 0 Å². The molecule has 0 fully saturated rings. The molecule has 1 atom stereocenters. The fraction of sp³-hybridized carbons (Fsp3) is 0.600. The summed E-state index contributed by atoms with van der Waals surface area (Å²) in [5.41, 5.74) is 2.59. The van der Waals surface area contributed by atoms with Crippen LogP contribution in [0.1, 0.15) is 51.3 Å². The van der Waals surface area contributed by atoms with Gasteiger partial charge >= 0.3 is 0 Å². The maximum Gasteiger partial charge on any atom is 0.223 e. The van der Waals surface area contributed by atoms with E-state index in [1.165, 1.54) is 11.1 Å². The molecule has 1 aromatic rings. The number of hydrogen-bond donors (Lipinski definition) is 2. The molecule has 0 bridgehead atoms. The smallest absolute Gasteiger partial charge is 0.223 e. The Bertz CT molecular complexity index is 549. The zero-order valence-corrected chi connectivity index (χ0v) is 16.6. The highest BCUT2D eigenvalue weighted by Crippen LogP contribution is 2.15. The predicted molar refractivity (Wildman–Crippen MR) is 106 cm³/mol. The summed E-state index contributed by atoms with van der Waals surface area (Å²) in [5, 5.41) is 6.65. The normalized spacial score (nSPS) is 12.8. The SMILES string of the molecule is CCNC(=NCCC(=O)N(C)C)NC(C)c1ccc(CC(C)C)cc1. The molecule has 1 amide bonds. The molecule has 0 heterocycles. The van der Waals surface area contributed by atoms with E-state index in [0.29, 0.717) is 18.9 Å². The first-order valence-electron chi connectivity index (χ1n) is 9.17. The van der Waals surface area contributed by atoms with Gasteiger partial charge in [-0.15, -0.1) is 0 Å². The Labute approximate surface area is 152 Å². The summed E-state index contributed by atoms with van der Waals surface area (Å²) in [7, 11) is 3.53. The molecular formula is C20H34N4O. The highest BCUT2D eigenvalue weighted by Gasteiger charge is 2.09. The van der Waals surface area contributed by atoms with Gasteiger partial charge in [-0.3, -0.25) is 9.79 Å². The second kappa shape index (κ2) is 10.7. The third-order valence-electron chi connectivity index (χ3n) is 3.92. The van der Waals surface area contributed by atoms with Crippen LogP contribution in [0.5, 0.6) is 0 Å². The van der Waals surface area contributed by atoms with Crippen LogP contribution in [0, 0.1) is 5.92 Å². The van der Waals surface area contributed by atoms with Crippen molar-refractivity contribution in [2.45, 2.75) is 46.6 Å². The minimum atomic E-state index is 0.0911. The van der Waals surface area contributed by atoms with Gasteiger partial charge in [-0.25, -0.2) is 0 Å². The second-order valence-electron chi connectivity index (χ2n) is 7.00. The molecule has 0 spiro atoms. The number of nitrogens with one attached hydrogen (secondary N) is 2. The van der Waals surface area contributed by atoms with E-state index in [0.717, 1.165) is 18.9 Å². The Morgan fingerprint density at radius 3 is 2.32 bits per heavy atom. The van der Waals surface area contributed by atoms with Gasteiger partial charge in [0.1, 0.15) is 0 Å². The van der Waals surface area contributed by atoms with E-state index < -0.39 is 0 Å². The van der Waals surface area contributed by atoms with Crippen LogP contribution < -0.4 is 10.6 Å². The van der Waals surface area contributed by atoms with Gasteiger partial charge in [0.15, 0.2) is 5.96 Å². The van der Waals surface area contributed by atoms with Crippen LogP contribution in [0.25, 0.3) is 0 Å². The van der Waals surface area contributed by atoms with Crippen molar-refractivity contribution in [3.05, 3.63) is 35.4 Å². The van der Waals surface area contributed by atoms with Gasteiger partial charge in [-0.05, 0) is 37.3 Å². The lowest BCUT2D eigenvalue weighted by Gasteiger charge is -2.19. The average Bonchev–Trinajstić information content (AvgIpc) is 2.54. The summed E-state index contributed by atoms with van der Waals surface area (Å²) < 4.78 is 0. The van der Waals surface area contributed by atoms with E-state index >= 15 is 0 Å². The Morgan fingerprint density at radius 2 is 1.80 bits per heavy atom. The van der Waals surface area contributed by atoms with Crippen molar-refractivity contribution >= 4 is 11.9 Å². The third kappa shape index (κ3) is 8.05. The second-order valence-corrected chi connectivity index (χ2v) is 7.00. The minimum absolute atomic E-state index is 0.0911. The molecule has 0 aliphatic heterocycles. The van der Waals surface area contributed by atoms with Crippen LogP contribution >= 0.6 is 0 Å². The topological polar surface area (TPSA) is 56.7 Å². The van der Waals surface area contributed by atoms with Crippen molar-refractivity contribution in [2.75, 3.05) is 27.2 Å². The van der Waals surface area contributed by atoms with Gasteiger partial charge in [-0.1, -0.05) is 38.1 Å². The molecule has 0 aliphatic carbocycles. The number of nitrogens with zero attached hydrogens (tertiary/aromatic N) is 2. The summed E-state index contributed by atoms with van der Waals surface area (Å²) >= 11 is 0. The summed E-state index contributed by atoms with van der Waals surface area (Å²) in [6.45, 7) is 9.89. The Balaban J connectivity index is 2.65. The third-order valence-corrected chi connectivity index (χ3v) is 3.92. The molecule has 1 aromatic carbocycles. The van der Waals surface area contributed by atoms with Crippen LogP contribution in [-0.4, -0.2) is 44.0 Å². The molecule has 140 valence electrons. The first-order valence-corrected chi connectivity index (χ1v) is 9.17. The summed E-state index contributed by atoms with van der Waals surface area (Å²) in [6.07, 6.45) is 1.52. The van der Waals surface area contributed by atoms with Crippen LogP contribution in [0.3, 0.4) is 0 Å². The number of carbonyl (C=O) groups is 1. The number of amides is 1. The number of benzene rings is 1. The monoisotopic (exact) mass is 346 g/mol. The summed E-state index contributed by atoms with van der Waals surface area (Å²) in [4.78, 5) is 17.7. The number of aliphatic imine (C=N–C) groups is 1. The molecule has 5 heteroatoms. The number of rotatable bonds is 8. The average molecular weight is 347 g/mol. The Morgan fingerprint density at radius 1 is 1.16 bits per heavy atom. The fourth-order valence-corrected chi connectivity index (χ4v) is 2.51. The quantitative estimate of drug-likeness (QED) is 0.562. The van der Waals surface area contributed by atoms with Crippen molar-refractivity contribution < 1.29 is 4.79 Å². The lowest BCUT2D eigenvalue weighted by Crippen LogP contribution is -2.39. The number of hydrogen-bond acceptors (Lipinski definition) is 2. The molecular weight excluding hydrogens is 312 g/mol. The largest absolute Gasteiger partial charge is 0.357 e. The van der Waals surface area contributed by atoms with E-state index in [1.54, 1.807) is 19.0 Å². The number of guanidine groups is 1. The van der Waals surface area contributed by atoms with Gasteiger partial charge in [0.2, 0.25) is 5.91 Å². The van der Waals surface area contributed by atoms with Crippen LogP contribution in [-0.2, 0) is 11.2 Å². The highest BCUT2D eigenvalue weighted by atomic mass is 16.2. The molecule has 5 nitrogen and oxygen atoms in total. The van der Waals surface area contributed by atoms with Gasteiger partial charge in [0.25, 0.3) is 0 Å². The van der Waals surface area contributed by atoms with Gasteiger partial charge in [0, 0.05) is 27.1 Å². The predicted octanol–water partition coefficient (Wildman–Crippen LogP) is 2.98. The zero-order chi connectivity index (χ0) is 18.8. The van der Waals surface area contributed by atoms with E-state index in [9.17, 15) is 4.79 Å². The van der Waals surface area contributed by atoms with E-state index in [4.69, 9.17) is 0 Å². The van der Waals surface area contributed by atoms with Gasteiger partial charge in [0.05, 0.1) is 12.6 Å². The van der Waals surface area contributed by atoms with Crippen LogP contribution in [0.2, 0.25) is 0 Å². The van der Waals surface area contributed by atoms with E-state index in [2.05, 4.69) is 60.7 Å². The standard InChI is InChI=1S/C20H34N4O/c1-7-21-20(22-13-12-19(25)24(5)6)23-16(4)18-10-8-17(9-11-18)14-15(2)3/h8-11,15-16H,7,12-14H2,1-6H3,(H2,21,22,23). The van der Waals surface area contributed by atoms with Gasteiger partial charge in [-0.2, -0.15) is 0 Å². The molecule has 0 saturated carbocycles. The van der Waals surface area contributed by atoms with E-state index in [-0.39, 0.29) is 11.9 Å². The van der Waals surface area contributed by atoms with Crippen molar-refractivity contribution in [3.8, 4) is 0 Å². The first-order chi connectivity index (χ1) is 11.8. The lowest BCUT2D eigenvalue weighted by molar-refractivity contribution is -0.128. The molecule has 0 radical (unpaired) electrons. The van der Waals surface area contributed by atoms with E-state index in [1.807, 2.05) is 6.92 Å².